The zero-order chi connectivity index (χ0) is 16.1. The van der Waals surface area contributed by atoms with Crippen molar-refractivity contribution < 1.29 is 5.11 Å². The zero-order valence-electron chi connectivity index (χ0n) is 13.5. The summed E-state index contributed by atoms with van der Waals surface area (Å²) in [7, 11) is 0. The van der Waals surface area contributed by atoms with Gasteiger partial charge in [0.05, 0.1) is 6.61 Å². The summed E-state index contributed by atoms with van der Waals surface area (Å²) in [5.41, 5.74) is 2.19. The highest BCUT2D eigenvalue weighted by Gasteiger charge is 2.22. The number of nitrogens with zero attached hydrogens (tertiary/aromatic N) is 3. The molecule has 0 aliphatic carbocycles. The largest absolute Gasteiger partial charge is 0.392 e. The standard InChI is InChI=1S/C18H24N4O/c1-14(16-5-2-4-15(12-16)13-23)21-17-6-10-22(11-7-17)18-19-8-3-9-20-18/h2-5,8-9,12,14,17,21,23H,6-7,10-11,13H2,1H3. The van der Waals surface area contributed by atoms with Gasteiger partial charge in [-0.1, -0.05) is 24.3 Å². The molecule has 122 valence electrons. The molecule has 1 aromatic heterocycles. The van der Waals surface area contributed by atoms with Gasteiger partial charge in [0.1, 0.15) is 0 Å². The molecule has 2 heterocycles. The molecule has 23 heavy (non-hydrogen) atoms. The third kappa shape index (κ3) is 4.06. The Kier molecular flexibility index (Phi) is 5.20. The van der Waals surface area contributed by atoms with Crippen LogP contribution in [0.15, 0.2) is 42.7 Å². The van der Waals surface area contributed by atoms with Crippen molar-refractivity contribution in [3.63, 3.8) is 0 Å². The van der Waals surface area contributed by atoms with E-state index < -0.39 is 0 Å². The summed E-state index contributed by atoms with van der Waals surface area (Å²) < 4.78 is 0. The molecule has 5 nitrogen and oxygen atoms in total. The van der Waals surface area contributed by atoms with Crippen LogP contribution in [0.25, 0.3) is 0 Å². The molecule has 3 rings (SSSR count). The predicted octanol–water partition coefficient (Wildman–Crippen LogP) is 2.29. The van der Waals surface area contributed by atoms with Gasteiger partial charge in [0.2, 0.25) is 5.95 Å². The van der Waals surface area contributed by atoms with Crippen LogP contribution in [-0.4, -0.2) is 34.2 Å². The van der Waals surface area contributed by atoms with Crippen molar-refractivity contribution >= 4 is 5.95 Å². The molecule has 0 bridgehead atoms. The van der Waals surface area contributed by atoms with Crippen molar-refractivity contribution in [1.29, 1.82) is 0 Å². The quantitative estimate of drug-likeness (QED) is 0.887. The molecule has 0 amide bonds. The monoisotopic (exact) mass is 312 g/mol. The number of aliphatic hydroxyl groups is 1. The molecule has 5 heteroatoms. The third-order valence-electron chi connectivity index (χ3n) is 4.45. The number of benzene rings is 1. The summed E-state index contributed by atoms with van der Waals surface area (Å²) in [6.07, 6.45) is 5.76. The fourth-order valence-corrected chi connectivity index (χ4v) is 3.11. The predicted molar refractivity (Wildman–Crippen MR) is 91.2 cm³/mol. The average Bonchev–Trinajstić information content (AvgIpc) is 2.63. The Morgan fingerprint density at radius 2 is 1.96 bits per heavy atom. The molecule has 1 aliphatic heterocycles. The second-order valence-electron chi connectivity index (χ2n) is 6.10. The van der Waals surface area contributed by atoms with Crippen LogP contribution in [0, 0.1) is 0 Å². The van der Waals surface area contributed by atoms with Crippen molar-refractivity contribution in [3.8, 4) is 0 Å². The van der Waals surface area contributed by atoms with Crippen molar-refractivity contribution in [3.05, 3.63) is 53.9 Å². The fraction of sp³-hybridized carbons (Fsp3) is 0.444. The number of nitrogens with one attached hydrogen (secondary N) is 1. The van der Waals surface area contributed by atoms with Crippen molar-refractivity contribution in [2.75, 3.05) is 18.0 Å². The van der Waals surface area contributed by atoms with E-state index >= 15 is 0 Å². The van der Waals surface area contributed by atoms with Gasteiger partial charge in [0, 0.05) is 37.6 Å². The molecule has 2 N–H and O–H groups in total. The number of aromatic nitrogens is 2. The molecule has 1 aromatic carbocycles. The molecule has 0 radical (unpaired) electrons. The van der Waals surface area contributed by atoms with Gasteiger partial charge in [-0.05, 0) is 37.0 Å². The fourth-order valence-electron chi connectivity index (χ4n) is 3.11. The van der Waals surface area contributed by atoms with Crippen molar-refractivity contribution in [2.24, 2.45) is 0 Å². The molecule has 1 atom stereocenters. The van der Waals surface area contributed by atoms with E-state index in [9.17, 15) is 5.11 Å². The smallest absolute Gasteiger partial charge is 0.225 e. The van der Waals surface area contributed by atoms with Gasteiger partial charge in [-0.15, -0.1) is 0 Å². The minimum Gasteiger partial charge on any atom is -0.392 e. The Bertz CT molecular complexity index is 611. The summed E-state index contributed by atoms with van der Waals surface area (Å²) in [5, 5.41) is 13.0. The Morgan fingerprint density at radius 3 is 2.65 bits per heavy atom. The van der Waals surface area contributed by atoms with Crippen molar-refractivity contribution in [1.82, 2.24) is 15.3 Å². The molecule has 1 unspecified atom stereocenters. The van der Waals surface area contributed by atoms with Gasteiger partial charge in [-0.3, -0.25) is 0 Å². The number of aliphatic hydroxyl groups excluding tert-OH is 1. The van der Waals surface area contributed by atoms with Gasteiger partial charge >= 0.3 is 0 Å². The molecule has 1 fully saturated rings. The Balaban J connectivity index is 1.54. The first kappa shape index (κ1) is 15.9. The second-order valence-corrected chi connectivity index (χ2v) is 6.10. The van der Waals surface area contributed by atoms with Crippen LogP contribution in [0.2, 0.25) is 0 Å². The van der Waals surface area contributed by atoms with E-state index in [-0.39, 0.29) is 12.6 Å². The molecule has 2 aromatic rings. The first-order valence-electron chi connectivity index (χ1n) is 8.24. The number of hydrogen-bond acceptors (Lipinski definition) is 5. The van der Waals surface area contributed by atoms with Gasteiger partial charge in [0.25, 0.3) is 0 Å². The van der Waals surface area contributed by atoms with Crippen LogP contribution in [0.5, 0.6) is 0 Å². The van der Waals surface area contributed by atoms with E-state index in [2.05, 4.69) is 39.2 Å². The summed E-state index contributed by atoms with van der Waals surface area (Å²) >= 11 is 0. The molecule has 0 saturated carbocycles. The number of piperidine rings is 1. The lowest BCUT2D eigenvalue weighted by molar-refractivity contribution is 0.281. The van der Waals surface area contributed by atoms with Crippen LogP contribution in [-0.2, 0) is 6.61 Å². The molecular weight excluding hydrogens is 288 g/mol. The first-order valence-corrected chi connectivity index (χ1v) is 8.24. The van der Waals surface area contributed by atoms with Crippen LogP contribution in [0.1, 0.15) is 36.9 Å². The Hall–Kier alpha value is -1.98. The van der Waals surface area contributed by atoms with Crippen LogP contribution >= 0.6 is 0 Å². The number of anilines is 1. The van der Waals surface area contributed by atoms with Gasteiger partial charge < -0.3 is 15.3 Å². The van der Waals surface area contributed by atoms with Crippen LogP contribution < -0.4 is 10.2 Å². The lowest BCUT2D eigenvalue weighted by Crippen LogP contribution is -2.43. The highest BCUT2D eigenvalue weighted by Crippen LogP contribution is 2.20. The summed E-state index contributed by atoms with van der Waals surface area (Å²) in [5.74, 6) is 0.828. The average molecular weight is 312 g/mol. The van der Waals surface area contributed by atoms with E-state index in [1.165, 1.54) is 5.56 Å². The van der Waals surface area contributed by atoms with Gasteiger partial charge in [-0.2, -0.15) is 0 Å². The summed E-state index contributed by atoms with van der Waals surface area (Å²) in [6, 6.07) is 10.8. The number of rotatable bonds is 5. The minimum atomic E-state index is 0.0933. The minimum absolute atomic E-state index is 0.0933. The summed E-state index contributed by atoms with van der Waals surface area (Å²) in [6.45, 7) is 4.23. The molecule has 0 spiro atoms. The van der Waals surface area contributed by atoms with E-state index in [0.717, 1.165) is 37.4 Å². The lowest BCUT2D eigenvalue weighted by Gasteiger charge is -2.34. The van der Waals surface area contributed by atoms with E-state index in [4.69, 9.17) is 0 Å². The topological polar surface area (TPSA) is 61.3 Å². The lowest BCUT2D eigenvalue weighted by atomic mass is 10.0. The zero-order valence-corrected chi connectivity index (χ0v) is 13.5. The number of hydrogen-bond donors (Lipinski definition) is 2. The third-order valence-corrected chi connectivity index (χ3v) is 4.45. The second kappa shape index (κ2) is 7.53. The Morgan fingerprint density at radius 1 is 1.22 bits per heavy atom. The van der Waals surface area contributed by atoms with E-state index in [1.807, 2.05) is 18.2 Å². The highest BCUT2D eigenvalue weighted by molar-refractivity contribution is 5.29. The van der Waals surface area contributed by atoms with E-state index in [1.54, 1.807) is 12.4 Å². The van der Waals surface area contributed by atoms with Gasteiger partial charge in [0.15, 0.2) is 0 Å². The first-order chi connectivity index (χ1) is 11.3. The normalized spacial score (nSPS) is 17.2. The van der Waals surface area contributed by atoms with Gasteiger partial charge in [-0.25, -0.2) is 9.97 Å². The maximum absolute atomic E-state index is 9.26. The van der Waals surface area contributed by atoms with Crippen LogP contribution in [0.4, 0.5) is 5.95 Å². The molecule has 1 saturated heterocycles. The Labute approximate surface area is 137 Å². The van der Waals surface area contributed by atoms with E-state index in [0.29, 0.717) is 6.04 Å². The molecule has 1 aliphatic rings. The van der Waals surface area contributed by atoms with Crippen LogP contribution in [0.3, 0.4) is 0 Å². The van der Waals surface area contributed by atoms with Crippen molar-refractivity contribution in [2.45, 2.75) is 38.5 Å². The molecular formula is C18H24N4O. The summed E-state index contributed by atoms with van der Waals surface area (Å²) in [4.78, 5) is 10.9. The highest BCUT2D eigenvalue weighted by atomic mass is 16.3. The maximum atomic E-state index is 9.26. The maximum Gasteiger partial charge on any atom is 0.225 e. The SMILES string of the molecule is CC(NC1CCN(c2ncccn2)CC1)c1cccc(CO)c1.